The fraction of sp³-hybridized carbons (Fsp3) is 0.608. The number of rotatable bonds is 64. The van der Waals surface area contributed by atoms with Crippen molar-refractivity contribution in [2.24, 2.45) is 63.8 Å². The first-order valence-electron chi connectivity index (χ1n) is 48.4. The highest BCUT2D eigenvalue weighted by molar-refractivity contribution is 6.01. The Morgan fingerprint density at radius 3 is 1.15 bits per heavy atom. The lowest BCUT2D eigenvalue weighted by atomic mass is 9.96. The molecule has 39 nitrogen and oxygen atoms in total. The van der Waals surface area contributed by atoms with Crippen molar-refractivity contribution in [3.8, 4) is 0 Å². The largest absolute Gasteiger partial charge is 0.368 e. The summed E-state index contributed by atoms with van der Waals surface area (Å²) in [5, 5.41) is 37.6. The maximum absolute atomic E-state index is 15.4. The van der Waals surface area contributed by atoms with Gasteiger partial charge in [0.05, 0.1) is 18.1 Å². The molecule has 15 amide bonds. The number of amides is 15. The molecule has 1 aliphatic rings. The van der Waals surface area contributed by atoms with Crippen LogP contribution < -0.4 is 109 Å². The number of benzene rings is 3. The minimum Gasteiger partial charge on any atom is -0.368 e. The van der Waals surface area contributed by atoms with Gasteiger partial charge in [-0.25, -0.2) is 4.98 Å². The van der Waals surface area contributed by atoms with Gasteiger partial charge in [-0.3, -0.25) is 71.9 Å². The number of carbonyl (C=O) groups excluding carboxylic acids is 15. The highest BCUT2D eigenvalue weighted by Gasteiger charge is 2.43. The van der Waals surface area contributed by atoms with E-state index in [1.165, 1.54) is 24.3 Å². The van der Waals surface area contributed by atoms with E-state index >= 15 is 38.4 Å². The molecule has 16 atom stereocenters. The summed E-state index contributed by atoms with van der Waals surface area (Å²) in [6.07, 6.45) is 10.1. The second-order valence-corrected chi connectivity index (χ2v) is 37.0. The molecule has 0 saturated carbocycles. The highest BCUT2D eigenvalue weighted by Crippen LogP contribution is 2.25. The summed E-state index contributed by atoms with van der Waals surface area (Å²) in [7, 11) is 0. The molecular formula is C97H154N24O15. The predicted octanol–water partition coefficient (Wildman–Crippen LogP) is 1.12. The minimum absolute atomic E-state index is 0.00750. The Balaban J connectivity index is 1.23. The van der Waals surface area contributed by atoms with Crippen LogP contribution in [0.1, 0.15) is 220 Å². The van der Waals surface area contributed by atoms with E-state index in [0.717, 1.165) is 10.9 Å². The molecule has 29 N–H and O–H groups in total. The summed E-state index contributed by atoms with van der Waals surface area (Å²) in [6, 6.07) is 6.08. The summed E-state index contributed by atoms with van der Waals surface area (Å²) >= 11 is 0. The molecule has 3 aromatic carbocycles. The zero-order valence-corrected chi connectivity index (χ0v) is 80.8. The summed E-state index contributed by atoms with van der Waals surface area (Å²) in [4.78, 5) is 231. The number of H-pyrrole nitrogens is 2. The van der Waals surface area contributed by atoms with Crippen molar-refractivity contribution < 1.29 is 71.9 Å². The molecule has 0 unspecified atom stereocenters. The van der Waals surface area contributed by atoms with Crippen molar-refractivity contribution in [2.45, 2.75) is 313 Å². The third kappa shape index (κ3) is 38.4. The van der Waals surface area contributed by atoms with Gasteiger partial charge in [0.1, 0.15) is 84.6 Å². The number of unbranched alkanes of at least 4 members (excludes halogenated alkanes) is 5. The lowest BCUT2D eigenvalue weighted by molar-refractivity contribution is -0.143. The number of nitrogens with zero attached hydrogens (tertiary/aromatic N) is 2. The molecule has 752 valence electrons. The lowest BCUT2D eigenvalue weighted by Crippen LogP contribution is -2.61. The van der Waals surface area contributed by atoms with Crippen LogP contribution in [0.25, 0.3) is 10.9 Å². The smallest absolute Gasteiger partial charge is 0.246 e. The number of aromatic nitrogens is 3. The van der Waals surface area contributed by atoms with Crippen LogP contribution in [-0.2, 0) is 97.6 Å². The fourth-order valence-electron chi connectivity index (χ4n) is 16.3. The van der Waals surface area contributed by atoms with Crippen LogP contribution in [0.5, 0.6) is 0 Å². The second kappa shape index (κ2) is 60.0. The Hall–Kier alpha value is -11.8. The molecular weight excluding hydrogens is 1740 g/mol. The summed E-state index contributed by atoms with van der Waals surface area (Å²) in [6.45, 7) is 17.4. The number of aromatic amines is 2. The summed E-state index contributed by atoms with van der Waals surface area (Å²) in [5.41, 5.74) is 44.6. The second-order valence-electron chi connectivity index (χ2n) is 37.0. The first-order valence-corrected chi connectivity index (χ1v) is 48.4. The molecule has 136 heavy (non-hydrogen) atoms. The quantitative estimate of drug-likeness (QED) is 0.0243. The average Bonchev–Trinajstić information content (AvgIpc) is 1.58. The van der Waals surface area contributed by atoms with E-state index in [1.54, 1.807) is 73.8 Å². The molecule has 1 saturated heterocycles. The van der Waals surface area contributed by atoms with E-state index in [1.807, 2.05) is 72.7 Å². The Morgan fingerprint density at radius 2 is 0.750 bits per heavy atom. The van der Waals surface area contributed by atoms with Crippen molar-refractivity contribution >= 4 is 99.5 Å². The zero-order chi connectivity index (χ0) is 99.9. The molecule has 39 heteroatoms. The van der Waals surface area contributed by atoms with Crippen molar-refractivity contribution in [1.82, 2.24) is 89.0 Å². The van der Waals surface area contributed by atoms with Gasteiger partial charge in [-0.15, -0.1) is 0 Å². The molecule has 3 heterocycles. The Morgan fingerprint density at radius 1 is 0.397 bits per heavy atom. The molecule has 0 spiro atoms. The molecule has 2 aromatic heterocycles. The van der Waals surface area contributed by atoms with Gasteiger partial charge >= 0.3 is 0 Å². The van der Waals surface area contributed by atoms with Gasteiger partial charge < -0.3 is 124 Å². The first-order chi connectivity index (χ1) is 65.0. The molecule has 1 aliphatic heterocycles. The third-order valence-corrected chi connectivity index (χ3v) is 24.2. The van der Waals surface area contributed by atoms with Crippen LogP contribution in [0.2, 0.25) is 0 Å². The van der Waals surface area contributed by atoms with E-state index in [-0.39, 0.29) is 128 Å². The van der Waals surface area contributed by atoms with Crippen molar-refractivity contribution in [3.05, 3.63) is 126 Å². The van der Waals surface area contributed by atoms with Gasteiger partial charge in [0.15, 0.2) is 0 Å². The maximum atomic E-state index is 15.4. The highest BCUT2D eigenvalue weighted by atomic mass is 16.2. The van der Waals surface area contributed by atoms with Crippen LogP contribution in [0.3, 0.4) is 0 Å². The third-order valence-electron chi connectivity index (χ3n) is 24.2. The standard InChI is InChI=1S/C97H154N24O15/c1-10-61(8)82(97(136)121-47-29-41-81(121)96(135)112-72(39-22-27-45-101)87(126)117-78(52-64-32-15-12-16-33-64)93(132)116-76(50-60(6)7)91(130)119-80(54-66-56-105-57-107-66)95(134)115-74(48-58(2)3)89(128)108-62(9)83(104)122)120-88(127)73(40-23-28-46-102)109-85(124)70(37-20-25-43-99)110-92(131)77(51-63-30-13-11-14-31-63)118-90(129)75(49-59(4)5)114-86(125)71(38-21-26-44-100)111-94(133)79(113-84(123)68(103)35-19-24-42-98)53-65-55-106-69-36-18-17-34-67(65)69/h11-18,30-34,36,55-62,68,70-82,106H,10,19-29,35,37-54,98-103H2,1-9H3,(H2,104,122)(H,105,107)(H,108,128)(H,109,124)(H,110,131)(H,111,133)(H,112,135)(H,113,123)(H,114,125)(H,115,134)(H,116,132)(H,117,126)(H,118,129)(H,119,130)(H,120,127)/t61-,62-,68-,70-,71-,72-,73-,74-,75-,76-,77-,78-,79-,80-,81-,82-/m0/s1. The number of likely N-dealkylation sites (tertiary alicyclic amines) is 1. The van der Waals surface area contributed by atoms with Crippen LogP contribution in [0.4, 0.5) is 0 Å². The van der Waals surface area contributed by atoms with Crippen LogP contribution in [-0.4, -0.2) is 238 Å². The molecule has 0 aliphatic carbocycles. The van der Waals surface area contributed by atoms with Crippen LogP contribution >= 0.6 is 0 Å². The number of hydrogen-bond donors (Lipinski definition) is 22. The molecule has 5 aromatic rings. The molecule has 0 bridgehead atoms. The van der Waals surface area contributed by atoms with Crippen molar-refractivity contribution in [2.75, 3.05) is 39.3 Å². The van der Waals surface area contributed by atoms with Crippen LogP contribution in [0, 0.1) is 23.7 Å². The van der Waals surface area contributed by atoms with Gasteiger partial charge in [-0.1, -0.05) is 147 Å². The predicted molar refractivity (Wildman–Crippen MR) is 520 cm³/mol. The summed E-state index contributed by atoms with van der Waals surface area (Å²) in [5.74, 6) is -12.2. The lowest BCUT2D eigenvalue weighted by Gasteiger charge is -2.33. The van der Waals surface area contributed by atoms with Crippen molar-refractivity contribution in [1.29, 1.82) is 0 Å². The fourth-order valence-corrected chi connectivity index (χ4v) is 16.3. The number of nitrogens with one attached hydrogen (secondary N) is 15. The number of hydrogen-bond acceptors (Lipinski definition) is 22. The number of fused-ring (bicyclic) bond motifs is 1. The van der Waals surface area contributed by atoms with Gasteiger partial charge in [-0.05, 0) is 208 Å². The zero-order valence-electron chi connectivity index (χ0n) is 80.8. The van der Waals surface area contributed by atoms with Gasteiger partial charge in [0, 0.05) is 55.5 Å². The topological polar surface area (TPSA) is 642 Å². The number of carbonyl (C=O) groups is 15. The van der Waals surface area contributed by atoms with Gasteiger partial charge in [0.2, 0.25) is 88.6 Å². The Bertz CT molecular complexity index is 4600. The van der Waals surface area contributed by atoms with Crippen molar-refractivity contribution in [3.63, 3.8) is 0 Å². The SMILES string of the molecule is CC[C@H](C)[C@H](NC(=O)[C@H](CCCCN)NC(=O)[C@H](CCCCN)NC(=O)[C@H](Cc1ccccc1)NC(=O)[C@H](CC(C)C)NC(=O)[C@H](CCCCN)NC(=O)[C@H](Cc1c[nH]c2ccccc12)NC(=O)[C@@H](N)CCCCN)C(=O)N1CCC[C@H]1C(=O)N[C@@H](CCCCN)C(=O)N[C@@H](Cc1ccccc1)C(=O)N[C@@H](CC(C)C)C(=O)N[C@@H](Cc1c[nH]cn1)C(=O)N[C@@H](CC(C)C)C(=O)N[C@@H](C)C(N)=O. The number of para-hydroxylation sites is 1. The van der Waals surface area contributed by atoms with E-state index in [2.05, 4.69) is 84.1 Å². The number of primary amides is 1. The number of nitrogens with two attached hydrogens (primary N) is 7. The summed E-state index contributed by atoms with van der Waals surface area (Å²) < 4.78 is 0. The monoisotopic (exact) mass is 1900 g/mol. The number of imidazole rings is 1. The van der Waals surface area contributed by atoms with Gasteiger partial charge in [-0.2, -0.15) is 0 Å². The normalized spacial score (nSPS) is 15.9. The van der Waals surface area contributed by atoms with E-state index in [9.17, 15) is 33.6 Å². The molecule has 1 fully saturated rings. The maximum Gasteiger partial charge on any atom is 0.246 e. The van der Waals surface area contributed by atoms with Gasteiger partial charge in [0.25, 0.3) is 0 Å². The Labute approximate surface area is 799 Å². The average molecular weight is 1900 g/mol. The van der Waals surface area contributed by atoms with E-state index < -0.39 is 185 Å². The minimum atomic E-state index is -1.40. The van der Waals surface area contributed by atoms with E-state index in [4.69, 9.17) is 40.1 Å². The van der Waals surface area contributed by atoms with Crippen LogP contribution in [0.15, 0.2) is 104 Å². The van der Waals surface area contributed by atoms with E-state index in [0.29, 0.717) is 112 Å². The first kappa shape index (κ1) is 113. The molecule has 6 rings (SSSR count). The molecule has 0 radical (unpaired) electrons. The Kier molecular flexibility index (Phi) is 49.8.